The largest absolute Gasteiger partial charge is 0.457 e. The molecule has 2 nitrogen and oxygen atoms in total. The molecule has 0 amide bonds. The average Bonchev–Trinajstić information content (AvgIpc) is 2.49. The van der Waals surface area contributed by atoms with Crippen molar-refractivity contribution in [2.45, 2.75) is 32.1 Å². The van der Waals surface area contributed by atoms with Gasteiger partial charge in [0, 0.05) is 0 Å². The number of benzene rings is 2. The first kappa shape index (κ1) is 14.1. The normalized spacial score (nSPS) is 11.6. The summed E-state index contributed by atoms with van der Waals surface area (Å²) >= 11 is 0. The van der Waals surface area contributed by atoms with Crippen LogP contribution < -0.4 is 4.74 Å². The Labute approximate surface area is 120 Å². The van der Waals surface area contributed by atoms with Crippen LogP contribution in [-0.2, 0) is 0 Å². The number of rotatable bonds is 6. The summed E-state index contributed by atoms with van der Waals surface area (Å²) in [5, 5.41) is 9.30. The van der Waals surface area contributed by atoms with E-state index in [2.05, 4.69) is 13.0 Å². The SMILES string of the molecule is CCCCC(C#N)c1cccc(Oc2ccccc2)c1. The molecular formula is C18H19NO. The van der Waals surface area contributed by atoms with E-state index in [9.17, 15) is 5.26 Å². The summed E-state index contributed by atoms with van der Waals surface area (Å²) in [5.41, 5.74) is 1.04. The van der Waals surface area contributed by atoms with Crippen LogP contribution in [0.3, 0.4) is 0 Å². The number of hydrogen-bond donors (Lipinski definition) is 0. The molecule has 20 heavy (non-hydrogen) atoms. The Morgan fingerprint density at radius 3 is 2.50 bits per heavy atom. The maximum absolute atomic E-state index is 9.30. The van der Waals surface area contributed by atoms with E-state index >= 15 is 0 Å². The highest BCUT2D eigenvalue weighted by Gasteiger charge is 2.10. The Hall–Kier alpha value is -2.27. The minimum atomic E-state index is -0.0470. The van der Waals surface area contributed by atoms with E-state index < -0.39 is 0 Å². The average molecular weight is 265 g/mol. The molecule has 2 heteroatoms. The van der Waals surface area contributed by atoms with Crippen LogP contribution in [0.2, 0.25) is 0 Å². The molecule has 0 radical (unpaired) electrons. The van der Waals surface area contributed by atoms with E-state index in [-0.39, 0.29) is 5.92 Å². The Morgan fingerprint density at radius 1 is 1.05 bits per heavy atom. The summed E-state index contributed by atoms with van der Waals surface area (Å²) in [6.07, 6.45) is 3.09. The quantitative estimate of drug-likeness (QED) is 0.712. The highest BCUT2D eigenvalue weighted by molar-refractivity contribution is 5.36. The summed E-state index contributed by atoms with van der Waals surface area (Å²) in [5.74, 6) is 1.55. The standard InChI is InChI=1S/C18H19NO/c1-2-3-8-16(14-19)15-9-7-12-18(13-15)20-17-10-5-4-6-11-17/h4-7,9-13,16H,2-3,8H2,1H3. The lowest BCUT2D eigenvalue weighted by Gasteiger charge is -2.11. The summed E-state index contributed by atoms with van der Waals surface area (Å²) in [4.78, 5) is 0. The second kappa shape index (κ2) is 7.35. The van der Waals surface area contributed by atoms with Crippen LogP contribution in [0.5, 0.6) is 11.5 Å². The van der Waals surface area contributed by atoms with Gasteiger partial charge in [0.2, 0.25) is 0 Å². The van der Waals surface area contributed by atoms with Gasteiger partial charge in [-0.15, -0.1) is 0 Å². The molecule has 0 aliphatic carbocycles. The molecule has 2 rings (SSSR count). The topological polar surface area (TPSA) is 33.0 Å². The van der Waals surface area contributed by atoms with Gasteiger partial charge >= 0.3 is 0 Å². The summed E-state index contributed by atoms with van der Waals surface area (Å²) in [7, 11) is 0. The number of unbranched alkanes of at least 4 members (excludes halogenated alkanes) is 1. The van der Waals surface area contributed by atoms with Gasteiger partial charge in [0.15, 0.2) is 0 Å². The Bertz CT molecular complexity index is 571. The maximum Gasteiger partial charge on any atom is 0.127 e. The molecule has 0 saturated heterocycles. The van der Waals surface area contributed by atoms with Crippen LogP contribution in [0.25, 0.3) is 0 Å². The van der Waals surface area contributed by atoms with E-state index in [4.69, 9.17) is 4.74 Å². The van der Waals surface area contributed by atoms with Gasteiger partial charge in [-0.3, -0.25) is 0 Å². The molecule has 0 fully saturated rings. The fourth-order valence-electron chi connectivity index (χ4n) is 2.13. The lowest BCUT2D eigenvalue weighted by Crippen LogP contribution is -1.96. The van der Waals surface area contributed by atoms with Gasteiger partial charge in [-0.05, 0) is 36.2 Å². The van der Waals surface area contributed by atoms with Crippen LogP contribution >= 0.6 is 0 Å². The third-order valence-corrected chi connectivity index (χ3v) is 3.24. The molecule has 102 valence electrons. The smallest absolute Gasteiger partial charge is 0.127 e. The minimum Gasteiger partial charge on any atom is -0.457 e. The summed E-state index contributed by atoms with van der Waals surface area (Å²) < 4.78 is 5.81. The first-order chi connectivity index (χ1) is 9.83. The number of nitrogens with zero attached hydrogens (tertiary/aromatic N) is 1. The third-order valence-electron chi connectivity index (χ3n) is 3.24. The molecule has 0 spiro atoms. The summed E-state index contributed by atoms with van der Waals surface area (Å²) in [6.45, 7) is 2.14. The predicted octanol–water partition coefficient (Wildman–Crippen LogP) is 5.28. The molecule has 1 atom stereocenters. The van der Waals surface area contributed by atoms with Crippen molar-refractivity contribution >= 4 is 0 Å². The molecule has 2 aromatic rings. The van der Waals surface area contributed by atoms with E-state index in [1.54, 1.807) is 0 Å². The minimum absolute atomic E-state index is 0.0470. The molecule has 0 heterocycles. The molecule has 1 unspecified atom stereocenters. The highest BCUT2D eigenvalue weighted by atomic mass is 16.5. The van der Waals surface area contributed by atoms with Crippen LogP contribution in [0.1, 0.15) is 37.7 Å². The van der Waals surface area contributed by atoms with Crippen molar-refractivity contribution in [3.63, 3.8) is 0 Å². The van der Waals surface area contributed by atoms with Gasteiger partial charge in [-0.1, -0.05) is 50.1 Å². The van der Waals surface area contributed by atoms with E-state index in [0.29, 0.717) is 0 Å². The Balaban J connectivity index is 2.13. The van der Waals surface area contributed by atoms with Gasteiger partial charge in [0.25, 0.3) is 0 Å². The van der Waals surface area contributed by atoms with Crippen LogP contribution in [-0.4, -0.2) is 0 Å². The zero-order valence-electron chi connectivity index (χ0n) is 11.8. The molecule has 0 aliphatic rings. The first-order valence-electron chi connectivity index (χ1n) is 7.06. The fraction of sp³-hybridized carbons (Fsp3) is 0.278. The van der Waals surface area contributed by atoms with Crippen molar-refractivity contribution in [1.82, 2.24) is 0 Å². The number of ether oxygens (including phenoxy) is 1. The van der Waals surface area contributed by atoms with Crippen LogP contribution in [0, 0.1) is 11.3 Å². The van der Waals surface area contributed by atoms with Crippen molar-refractivity contribution in [2.24, 2.45) is 0 Å². The zero-order valence-corrected chi connectivity index (χ0v) is 11.8. The molecular weight excluding hydrogens is 246 g/mol. The van der Waals surface area contributed by atoms with Gasteiger partial charge < -0.3 is 4.74 Å². The second-order valence-corrected chi connectivity index (χ2v) is 4.81. The lowest BCUT2D eigenvalue weighted by molar-refractivity contribution is 0.481. The molecule has 2 aromatic carbocycles. The summed E-state index contributed by atoms with van der Waals surface area (Å²) in [6, 6.07) is 19.9. The molecule has 0 saturated carbocycles. The van der Waals surface area contributed by atoms with Gasteiger partial charge in [-0.25, -0.2) is 0 Å². The first-order valence-corrected chi connectivity index (χ1v) is 7.06. The number of nitriles is 1. The number of para-hydroxylation sites is 1. The zero-order chi connectivity index (χ0) is 14.2. The molecule has 0 N–H and O–H groups in total. The lowest BCUT2D eigenvalue weighted by atomic mass is 9.95. The van der Waals surface area contributed by atoms with Gasteiger partial charge in [0.1, 0.15) is 11.5 Å². The number of hydrogen-bond acceptors (Lipinski definition) is 2. The molecule has 0 aliphatic heterocycles. The predicted molar refractivity (Wildman–Crippen MR) is 80.8 cm³/mol. The Kier molecular flexibility index (Phi) is 5.20. The van der Waals surface area contributed by atoms with Crippen molar-refractivity contribution in [3.05, 3.63) is 60.2 Å². The van der Waals surface area contributed by atoms with Crippen LogP contribution in [0.15, 0.2) is 54.6 Å². The van der Waals surface area contributed by atoms with Crippen molar-refractivity contribution in [1.29, 1.82) is 5.26 Å². The molecule has 0 aromatic heterocycles. The second-order valence-electron chi connectivity index (χ2n) is 4.81. The van der Waals surface area contributed by atoms with Crippen LogP contribution in [0.4, 0.5) is 0 Å². The Morgan fingerprint density at radius 2 is 1.80 bits per heavy atom. The highest BCUT2D eigenvalue weighted by Crippen LogP contribution is 2.27. The monoisotopic (exact) mass is 265 g/mol. The van der Waals surface area contributed by atoms with Crippen molar-refractivity contribution < 1.29 is 4.74 Å². The fourth-order valence-corrected chi connectivity index (χ4v) is 2.13. The van der Waals surface area contributed by atoms with E-state index in [1.165, 1.54) is 0 Å². The van der Waals surface area contributed by atoms with E-state index in [0.717, 1.165) is 36.3 Å². The van der Waals surface area contributed by atoms with Gasteiger partial charge in [0.05, 0.1) is 12.0 Å². The van der Waals surface area contributed by atoms with Gasteiger partial charge in [-0.2, -0.15) is 5.26 Å². The van der Waals surface area contributed by atoms with E-state index in [1.807, 2.05) is 54.6 Å². The van der Waals surface area contributed by atoms with Crippen molar-refractivity contribution in [3.8, 4) is 17.6 Å². The molecule has 0 bridgehead atoms. The maximum atomic E-state index is 9.30. The van der Waals surface area contributed by atoms with Crippen molar-refractivity contribution in [2.75, 3.05) is 0 Å². The third kappa shape index (κ3) is 3.86.